The maximum atomic E-state index is 11.8. The minimum absolute atomic E-state index is 0.0776. The lowest BCUT2D eigenvalue weighted by Gasteiger charge is -2.21. The van der Waals surface area contributed by atoms with Crippen LogP contribution in [-0.2, 0) is 16.1 Å². The van der Waals surface area contributed by atoms with Gasteiger partial charge in [0.25, 0.3) is 5.91 Å². The molecule has 0 bridgehead atoms. The zero-order valence-electron chi connectivity index (χ0n) is 8.97. The summed E-state index contributed by atoms with van der Waals surface area (Å²) in [6, 6.07) is 2.00. The highest BCUT2D eigenvalue weighted by Gasteiger charge is 2.19. The number of carbonyl (C=O) groups is 1. The summed E-state index contributed by atoms with van der Waals surface area (Å²) in [5, 5.41) is 4.01. The fourth-order valence-electron chi connectivity index (χ4n) is 1.28. The van der Waals surface area contributed by atoms with Crippen LogP contribution in [0.5, 0.6) is 0 Å². The maximum Gasteiger partial charge on any atom is 0.253 e. The first-order chi connectivity index (χ1) is 7.19. The quantitative estimate of drug-likeness (QED) is 0.806. The standard InChI is InChI=1S/C10H16N2O2S/c1-12(6-8-3-4-15-7-8)10(13)9(5-11)14-2/h3-4,7,9H,5-6,11H2,1-2H3. The Morgan fingerprint density at radius 3 is 2.93 bits per heavy atom. The molecule has 0 spiro atoms. The molecule has 0 aliphatic rings. The van der Waals surface area contributed by atoms with Crippen molar-refractivity contribution < 1.29 is 9.53 Å². The van der Waals surface area contributed by atoms with E-state index in [4.69, 9.17) is 10.5 Å². The third-order valence-corrected chi connectivity index (χ3v) is 2.88. The molecule has 0 saturated heterocycles. The lowest BCUT2D eigenvalue weighted by atomic mass is 10.2. The summed E-state index contributed by atoms with van der Waals surface area (Å²) in [4.78, 5) is 13.4. The van der Waals surface area contributed by atoms with Gasteiger partial charge in [0.15, 0.2) is 0 Å². The second-order valence-corrected chi connectivity index (χ2v) is 4.07. The Morgan fingerprint density at radius 1 is 1.73 bits per heavy atom. The molecule has 1 heterocycles. The van der Waals surface area contributed by atoms with Gasteiger partial charge in [-0.2, -0.15) is 11.3 Å². The van der Waals surface area contributed by atoms with Crippen LogP contribution in [0.2, 0.25) is 0 Å². The van der Waals surface area contributed by atoms with Crippen molar-refractivity contribution in [2.75, 3.05) is 20.7 Å². The highest BCUT2D eigenvalue weighted by atomic mass is 32.1. The first kappa shape index (κ1) is 12.2. The third kappa shape index (κ3) is 3.30. The largest absolute Gasteiger partial charge is 0.370 e. The summed E-state index contributed by atoms with van der Waals surface area (Å²) in [5.41, 5.74) is 6.55. The van der Waals surface area contributed by atoms with Crippen molar-refractivity contribution in [1.82, 2.24) is 4.90 Å². The van der Waals surface area contributed by atoms with Crippen molar-refractivity contribution in [2.45, 2.75) is 12.6 Å². The molecule has 0 fully saturated rings. The monoisotopic (exact) mass is 228 g/mol. The topological polar surface area (TPSA) is 55.6 Å². The van der Waals surface area contributed by atoms with Crippen LogP contribution in [0.15, 0.2) is 16.8 Å². The average molecular weight is 228 g/mol. The number of thiophene rings is 1. The molecule has 0 aromatic carbocycles. The fraction of sp³-hybridized carbons (Fsp3) is 0.500. The van der Waals surface area contributed by atoms with E-state index in [-0.39, 0.29) is 12.5 Å². The Hall–Kier alpha value is -0.910. The Kier molecular flexibility index (Phi) is 4.74. The minimum Gasteiger partial charge on any atom is -0.370 e. The van der Waals surface area contributed by atoms with Gasteiger partial charge in [-0.05, 0) is 22.4 Å². The van der Waals surface area contributed by atoms with Crippen molar-refractivity contribution in [2.24, 2.45) is 5.73 Å². The summed E-state index contributed by atoms with van der Waals surface area (Å²) in [6.45, 7) is 0.811. The van der Waals surface area contributed by atoms with E-state index < -0.39 is 6.10 Å². The van der Waals surface area contributed by atoms with Crippen LogP contribution < -0.4 is 5.73 Å². The van der Waals surface area contributed by atoms with E-state index in [1.165, 1.54) is 7.11 Å². The van der Waals surface area contributed by atoms with Crippen LogP contribution in [-0.4, -0.2) is 37.6 Å². The molecule has 1 aromatic heterocycles. The van der Waals surface area contributed by atoms with Crippen LogP contribution in [0.3, 0.4) is 0 Å². The molecular weight excluding hydrogens is 212 g/mol. The van der Waals surface area contributed by atoms with Crippen molar-refractivity contribution in [3.8, 4) is 0 Å². The number of ether oxygens (including phenoxy) is 1. The van der Waals surface area contributed by atoms with Gasteiger partial charge in [0.2, 0.25) is 0 Å². The second-order valence-electron chi connectivity index (χ2n) is 3.29. The average Bonchev–Trinajstić information content (AvgIpc) is 2.72. The van der Waals surface area contributed by atoms with E-state index >= 15 is 0 Å². The smallest absolute Gasteiger partial charge is 0.253 e. The zero-order chi connectivity index (χ0) is 11.3. The predicted molar refractivity (Wildman–Crippen MR) is 60.6 cm³/mol. The fourth-order valence-corrected chi connectivity index (χ4v) is 1.94. The van der Waals surface area contributed by atoms with Crippen LogP contribution >= 0.6 is 11.3 Å². The highest BCUT2D eigenvalue weighted by molar-refractivity contribution is 7.07. The molecule has 2 N–H and O–H groups in total. The van der Waals surface area contributed by atoms with Gasteiger partial charge in [-0.15, -0.1) is 0 Å². The summed E-state index contributed by atoms with van der Waals surface area (Å²) in [7, 11) is 3.25. The van der Waals surface area contributed by atoms with E-state index in [9.17, 15) is 4.79 Å². The van der Waals surface area contributed by atoms with Gasteiger partial charge in [0.1, 0.15) is 6.10 Å². The molecule has 0 radical (unpaired) electrons. The Morgan fingerprint density at radius 2 is 2.47 bits per heavy atom. The van der Waals surface area contributed by atoms with Gasteiger partial charge in [-0.3, -0.25) is 4.79 Å². The summed E-state index contributed by atoms with van der Waals surface area (Å²) in [5.74, 6) is -0.0776. The number of nitrogens with zero attached hydrogens (tertiary/aromatic N) is 1. The van der Waals surface area contributed by atoms with Gasteiger partial charge >= 0.3 is 0 Å². The Balaban J connectivity index is 2.53. The normalized spacial score (nSPS) is 12.5. The molecule has 1 aromatic rings. The SMILES string of the molecule is COC(CN)C(=O)N(C)Cc1ccsc1. The number of likely N-dealkylation sites (N-methyl/N-ethyl adjacent to an activating group) is 1. The van der Waals surface area contributed by atoms with Gasteiger partial charge in [-0.25, -0.2) is 0 Å². The van der Waals surface area contributed by atoms with Crippen molar-refractivity contribution in [3.63, 3.8) is 0 Å². The molecule has 15 heavy (non-hydrogen) atoms. The number of carbonyl (C=O) groups excluding carboxylic acids is 1. The first-order valence-electron chi connectivity index (χ1n) is 4.68. The Labute approximate surface area is 93.6 Å². The molecule has 1 rings (SSSR count). The number of rotatable bonds is 5. The lowest BCUT2D eigenvalue weighted by Crippen LogP contribution is -2.41. The molecule has 1 atom stereocenters. The predicted octanol–water partition coefficient (Wildman–Crippen LogP) is 0.680. The molecule has 1 amide bonds. The molecule has 0 aliphatic heterocycles. The van der Waals surface area contributed by atoms with E-state index in [0.717, 1.165) is 5.56 Å². The zero-order valence-corrected chi connectivity index (χ0v) is 9.79. The van der Waals surface area contributed by atoms with Crippen LogP contribution in [0.1, 0.15) is 5.56 Å². The van der Waals surface area contributed by atoms with Crippen molar-refractivity contribution in [3.05, 3.63) is 22.4 Å². The maximum absolute atomic E-state index is 11.8. The molecular formula is C10H16N2O2S. The number of hydrogen-bond donors (Lipinski definition) is 1. The van der Waals surface area contributed by atoms with Gasteiger partial charge in [-0.1, -0.05) is 0 Å². The van der Waals surface area contributed by atoms with E-state index in [1.807, 2.05) is 16.8 Å². The Bertz CT molecular complexity index is 296. The number of amides is 1. The molecule has 1 unspecified atom stereocenters. The van der Waals surface area contributed by atoms with Crippen LogP contribution in [0.25, 0.3) is 0 Å². The molecule has 5 heteroatoms. The van der Waals surface area contributed by atoms with Crippen molar-refractivity contribution in [1.29, 1.82) is 0 Å². The highest BCUT2D eigenvalue weighted by Crippen LogP contribution is 2.09. The molecule has 84 valence electrons. The molecule has 4 nitrogen and oxygen atoms in total. The summed E-state index contributed by atoms with van der Waals surface area (Å²) < 4.78 is 4.99. The van der Waals surface area contributed by atoms with Gasteiger partial charge < -0.3 is 15.4 Å². The van der Waals surface area contributed by atoms with Gasteiger partial charge in [0, 0.05) is 27.2 Å². The summed E-state index contributed by atoms with van der Waals surface area (Å²) in [6.07, 6.45) is -0.534. The molecule has 0 saturated carbocycles. The van der Waals surface area contributed by atoms with E-state index in [2.05, 4.69) is 0 Å². The van der Waals surface area contributed by atoms with Crippen LogP contribution in [0.4, 0.5) is 0 Å². The lowest BCUT2D eigenvalue weighted by molar-refractivity contribution is -0.140. The third-order valence-electron chi connectivity index (χ3n) is 2.15. The van der Waals surface area contributed by atoms with E-state index in [1.54, 1.807) is 23.3 Å². The number of nitrogens with two attached hydrogens (primary N) is 1. The number of methoxy groups -OCH3 is 1. The number of hydrogen-bond acceptors (Lipinski definition) is 4. The van der Waals surface area contributed by atoms with E-state index in [0.29, 0.717) is 6.54 Å². The summed E-state index contributed by atoms with van der Waals surface area (Å²) >= 11 is 1.62. The van der Waals surface area contributed by atoms with Crippen molar-refractivity contribution >= 4 is 17.2 Å². The molecule has 0 aliphatic carbocycles. The second kappa shape index (κ2) is 5.85. The van der Waals surface area contributed by atoms with Gasteiger partial charge in [0.05, 0.1) is 0 Å². The van der Waals surface area contributed by atoms with Crippen LogP contribution in [0, 0.1) is 0 Å². The first-order valence-corrected chi connectivity index (χ1v) is 5.62. The minimum atomic E-state index is -0.534.